The van der Waals surface area contributed by atoms with Gasteiger partial charge in [-0.05, 0) is 30.5 Å². The van der Waals surface area contributed by atoms with Gasteiger partial charge < -0.3 is 15.6 Å². The molecule has 2 rings (SSSR count). The molecule has 0 bridgehead atoms. The molecule has 0 aromatic heterocycles. The largest absolute Gasteiger partial charge is 0.504 e. The molecule has 0 spiro atoms. The molecule has 0 unspecified atom stereocenters. The molecule has 0 aliphatic heterocycles. The number of rotatable bonds is 3. The first-order valence-electron chi connectivity index (χ1n) is 5.29. The molecule has 1 aliphatic rings. The van der Waals surface area contributed by atoms with Crippen LogP contribution in [0.4, 0.5) is 0 Å². The van der Waals surface area contributed by atoms with Gasteiger partial charge in [0.1, 0.15) is 0 Å². The second-order valence-corrected chi connectivity index (χ2v) is 4.22. The summed E-state index contributed by atoms with van der Waals surface area (Å²) in [7, 11) is 1.56. The van der Waals surface area contributed by atoms with E-state index in [9.17, 15) is 5.11 Å². The Morgan fingerprint density at radius 1 is 1.47 bits per heavy atom. The lowest BCUT2D eigenvalue weighted by Gasteiger charge is -2.41. The minimum absolute atomic E-state index is 0.126. The highest BCUT2D eigenvalue weighted by molar-refractivity contribution is 5.45. The van der Waals surface area contributed by atoms with Gasteiger partial charge >= 0.3 is 0 Å². The minimum atomic E-state index is 0.126. The molecule has 15 heavy (non-hydrogen) atoms. The average Bonchev–Trinajstić information content (AvgIpc) is 2.19. The van der Waals surface area contributed by atoms with Crippen LogP contribution in [0.15, 0.2) is 18.2 Å². The molecule has 3 nitrogen and oxygen atoms in total. The van der Waals surface area contributed by atoms with Crippen molar-refractivity contribution in [3.63, 3.8) is 0 Å². The highest BCUT2D eigenvalue weighted by Gasteiger charge is 2.37. The number of hydrogen-bond acceptors (Lipinski definition) is 3. The van der Waals surface area contributed by atoms with Crippen molar-refractivity contribution in [1.29, 1.82) is 0 Å². The van der Waals surface area contributed by atoms with E-state index in [1.165, 1.54) is 12.0 Å². The van der Waals surface area contributed by atoms with Gasteiger partial charge in [-0.25, -0.2) is 0 Å². The summed E-state index contributed by atoms with van der Waals surface area (Å²) < 4.78 is 5.10. The summed E-state index contributed by atoms with van der Waals surface area (Å²) >= 11 is 0. The summed E-state index contributed by atoms with van der Waals surface area (Å²) in [5, 5.41) is 9.51. The third kappa shape index (κ3) is 1.57. The maximum atomic E-state index is 9.51. The number of ether oxygens (including phenoxy) is 1. The fourth-order valence-electron chi connectivity index (χ4n) is 2.22. The fraction of sp³-hybridized carbons (Fsp3) is 0.500. The van der Waals surface area contributed by atoms with Gasteiger partial charge in [-0.15, -0.1) is 0 Å². The minimum Gasteiger partial charge on any atom is -0.504 e. The molecule has 0 atom stereocenters. The zero-order valence-electron chi connectivity index (χ0n) is 8.99. The van der Waals surface area contributed by atoms with Crippen LogP contribution in [0.5, 0.6) is 11.5 Å². The molecule has 1 aromatic rings. The molecule has 1 fully saturated rings. The van der Waals surface area contributed by atoms with Crippen LogP contribution >= 0.6 is 0 Å². The summed E-state index contributed by atoms with van der Waals surface area (Å²) in [4.78, 5) is 0. The van der Waals surface area contributed by atoms with E-state index in [0.29, 0.717) is 12.3 Å². The molecule has 82 valence electrons. The van der Waals surface area contributed by atoms with Crippen molar-refractivity contribution in [3.05, 3.63) is 23.8 Å². The van der Waals surface area contributed by atoms with E-state index in [4.69, 9.17) is 10.5 Å². The van der Waals surface area contributed by atoms with Crippen molar-refractivity contribution in [3.8, 4) is 11.5 Å². The van der Waals surface area contributed by atoms with E-state index < -0.39 is 0 Å². The van der Waals surface area contributed by atoms with E-state index in [1.807, 2.05) is 12.1 Å². The smallest absolute Gasteiger partial charge is 0.160 e. The summed E-state index contributed by atoms with van der Waals surface area (Å²) in [5.74, 6) is 0.722. The predicted molar refractivity (Wildman–Crippen MR) is 59.2 cm³/mol. The van der Waals surface area contributed by atoms with Gasteiger partial charge in [0.15, 0.2) is 11.5 Å². The van der Waals surface area contributed by atoms with Gasteiger partial charge in [0.05, 0.1) is 7.11 Å². The van der Waals surface area contributed by atoms with Crippen LogP contribution in [0.3, 0.4) is 0 Å². The molecule has 3 heteroatoms. The summed E-state index contributed by atoms with van der Waals surface area (Å²) in [6.07, 6.45) is 3.51. The van der Waals surface area contributed by atoms with Crippen LogP contribution in [-0.2, 0) is 5.41 Å². The second kappa shape index (κ2) is 3.74. The third-order valence-corrected chi connectivity index (χ3v) is 3.49. The van der Waals surface area contributed by atoms with E-state index in [-0.39, 0.29) is 11.2 Å². The SMILES string of the molecule is COc1cc(C2(CN)CCC2)ccc1O. The molecule has 1 aliphatic carbocycles. The zero-order chi connectivity index (χ0) is 10.9. The van der Waals surface area contributed by atoms with Crippen LogP contribution in [0.1, 0.15) is 24.8 Å². The summed E-state index contributed by atoms with van der Waals surface area (Å²) in [6.45, 7) is 0.668. The number of aromatic hydroxyl groups is 1. The van der Waals surface area contributed by atoms with E-state index in [1.54, 1.807) is 13.2 Å². The zero-order valence-corrected chi connectivity index (χ0v) is 8.99. The molecule has 0 radical (unpaired) electrons. The Hall–Kier alpha value is -1.22. The van der Waals surface area contributed by atoms with Gasteiger partial charge in [0, 0.05) is 12.0 Å². The van der Waals surface area contributed by atoms with Crippen LogP contribution in [0, 0.1) is 0 Å². The summed E-state index contributed by atoms with van der Waals surface area (Å²) in [5.41, 5.74) is 7.14. The van der Waals surface area contributed by atoms with E-state index >= 15 is 0 Å². The molecule has 0 saturated heterocycles. The fourth-order valence-corrected chi connectivity index (χ4v) is 2.22. The van der Waals surface area contributed by atoms with Crippen molar-refractivity contribution in [1.82, 2.24) is 0 Å². The van der Waals surface area contributed by atoms with E-state index in [0.717, 1.165) is 12.8 Å². The lowest BCUT2D eigenvalue weighted by molar-refractivity contribution is 0.251. The van der Waals surface area contributed by atoms with Crippen molar-refractivity contribution in [2.75, 3.05) is 13.7 Å². The van der Waals surface area contributed by atoms with E-state index in [2.05, 4.69) is 0 Å². The Kier molecular flexibility index (Phi) is 2.57. The first-order valence-corrected chi connectivity index (χ1v) is 5.29. The van der Waals surface area contributed by atoms with Crippen molar-refractivity contribution in [2.24, 2.45) is 5.73 Å². The van der Waals surface area contributed by atoms with Crippen molar-refractivity contribution < 1.29 is 9.84 Å². The Morgan fingerprint density at radius 2 is 2.20 bits per heavy atom. The van der Waals surface area contributed by atoms with Gasteiger partial charge in [-0.3, -0.25) is 0 Å². The number of hydrogen-bond donors (Lipinski definition) is 2. The monoisotopic (exact) mass is 207 g/mol. The number of methoxy groups -OCH3 is 1. The van der Waals surface area contributed by atoms with Crippen LogP contribution < -0.4 is 10.5 Å². The third-order valence-electron chi connectivity index (χ3n) is 3.49. The van der Waals surface area contributed by atoms with Gasteiger partial charge in [-0.2, -0.15) is 0 Å². The van der Waals surface area contributed by atoms with Gasteiger partial charge in [-0.1, -0.05) is 12.5 Å². The Labute approximate surface area is 89.9 Å². The normalized spacial score (nSPS) is 18.3. The lowest BCUT2D eigenvalue weighted by Crippen LogP contribution is -2.41. The quantitative estimate of drug-likeness (QED) is 0.794. The molecular formula is C12H17NO2. The maximum Gasteiger partial charge on any atom is 0.160 e. The average molecular weight is 207 g/mol. The van der Waals surface area contributed by atoms with Crippen LogP contribution in [-0.4, -0.2) is 18.8 Å². The Bertz CT molecular complexity index is 353. The molecule has 0 heterocycles. The van der Waals surface area contributed by atoms with Crippen LogP contribution in [0.25, 0.3) is 0 Å². The highest BCUT2D eigenvalue weighted by atomic mass is 16.5. The molecule has 1 aromatic carbocycles. The molecule has 1 saturated carbocycles. The number of phenolic OH excluding ortho intramolecular Hbond substituents is 1. The molecule has 0 amide bonds. The number of benzene rings is 1. The summed E-state index contributed by atoms with van der Waals surface area (Å²) in [6, 6.07) is 5.54. The first-order chi connectivity index (χ1) is 7.22. The second-order valence-electron chi connectivity index (χ2n) is 4.22. The number of nitrogens with two attached hydrogens (primary N) is 1. The van der Waals surface area contributed by atoms with Crippen molar-refractivity contribution in [2.45, 2.75) is 24.7 Å². The Morgan fingerprint density at radius 3 is 2.67 bits per heavy atom. The van der Waals surface area contributed by atoms with Gasteiger partial charge in [0.25, 0.3) is 0 Å². The first kappa shape index (κ1) is 10.3. The van der Waals surface area contributed by atoms with Crippen molar-refractivity contribution >= 4 is 0 Å². The maximum absolute atomic E-state index is 9.51. The molecular weight excluding hydrogens is 190 g/mol. The topological polar surface area (TPSA) is 55.5 Å². The van der Waals surface area contributed by atoms with Crippen LogP contribution in [0.2, 0.25) is 0 Å². The predicted octanol–water partition coefficient (Wildman–Crippen LogP) is 1.78. The standard InChI is InChI=1S/C12H17NO2/c1-15-11-7-9(3-4-10(11)14)12(8-13)5-2-6-12/h3-4,7,14H,2,5-6,8,13H2,1H3. The highest BCUT2D eigenvalue weighted by Crippen LogP contribution is 2.44. The Balaban J connectivity index is 2.36. The lowest BCUT2D eigenvalue weighted by atomic mass is 9.64. The number of phenols is 1. The van der Waals surface area contributed by atoms with Gasteiger partial charge in [0.2, 0.25) is 0 Å². The molecule has 3 N–H and O–H groups in total.